The number of anilines is 1. The molecule has 8 nitrogen and oxygen atoms in total. The molecule has 0 aliphatic heterocycles. The first kappa shape index (κ1) is 14.4. The molecule has 0 saturated carbocycles. The molecule has 22 heavy (non-hydrogen) atoms. The molecule has 0 unspecified atom stereocenters. The molecule has 114 valence electrons. The molecule has 3 rings (SSSR count). The molecule has 3 aromatic rings. The predicted molar refractivity (Wildman–Crippen MR) is 79.3 cm³/mol. The van der Waals surface area contributed by atoms with Gasteiger partial charge in [0, 0.05) is 12.6 Å². The fourth-order valence-corrected chi connectivity index (χ4v) is 2.66. The van der Waals surface area contributed by atoms with Crippen molar-refractivity contribution >= 4 is 23.5 Å². The number of hydrogen-bond acceptors (Lipinski definition) is 7. The zero-order chi connectivity index (χ0) is 15.4. The van der Waals surface area contributed by atoms with Gasteiger partial charge in [-0.3, -0.25) is 9.36 Å². The fraction of sp³-hybridized carbons (Fsp3) is 0.231. The molecule has 0 aliphatic carbocycles. The Labute approximate surface area is 129 Å². The highest BCUT2D eigenvalue weighted by atomic mass is 32.2. The van der Waals surface area contributed by atoms with Crippen LogP contribution in [-0.4, -0.2) is 31.6 Å². The van der Waals surface area contributed by atoms with Gasteiger partial charge >= 0.3 is 0 Å². The minimum atomic E-state index is -0.191. The number of thioether (sulfide) groups is 1. The van der Waals surface area contributed by atoms with Gasteiger partial charge in [0.05, 0.1) is 12.0 Å². The van der Waals surface area contributed by atoms with Crippen LogP contribution in [-0.2, 0) is 11.3 Å². The number of furan rings is 1. The Hall–Kier alpha value is -2.55. The summed E-state index contributed by atoms with van der Waals surface area (Å²) in [6, 6.07) is 5.19. The van der Waals surface area contributed by atoms with Crippen molar-refractivity contribution in [3.05, 3.63) is 30.7 Å². The summed E-state index contributed by atoms with van der Waals surface area (Å²) in [6.45, 7) is 2.66. The van der Waals surface area contributed by atoms with E-state index in [1.54, 1.807) is 18.4 Å². The van der Waals surface area contributed by atoms with Crippen molar-refractivity contribution in [1.29, 1.82) is 0 Å². The second kappa shape index (κ2) is 6.48. The maximum absolute atomic E-state index is 11.8. The monoisotopic (exact) mass is 319 g/mol. The summed E-state index contributed by atoms with van der Waals surface area (Å²) in [5, 5.41) is 15.1. The predicted octanol–water partition coefficient (Wildman–Crippen LogP) is 2.28. The number of rotatable bonds is 6. The van der Waals surface area contributed by atoms with Crippen LogP contribution >= 0.6 is 11.8 Å². The van der Waals surface area contributed by atoms with Gasteiger partial charge in [-0.25, -0.2) is 0 Å². The SMILES string of the molecule is CCn1c(SCC(=O)Nc2ccon2)nnc1-c1ccco1. The minimum absolute atomic E-state index is 0.191. The summed E-state index contributed by atoms with van der Waals surface area (Å²) in [7, 11) is 0. The van der Waals surface area contributed by atoms with E-state index < -0.39 is 0 Å². The van der Waals surface area contributed by atoms with E-state index in [9.17, 15) is 4.79 Å². The lowest BCUT2D eigenvalue weighted by Crippen LogP contribution is -2.14. The number of nitrogens with zero attached hydrogens (tertiary/aromatic N) is 4. The van der Waals surface area contributed by atoms with Crippen LogP contribution in [0.3, 0.4) is 0 Å². The Kier molecular flexibility index (Phi) is 4.24. The first-order valence-electron chi connectivity index (χ1n) is 6.58. The Morgan fingerprint density at radius 2 is 2.27 bits per heavy atom. The van der Waals surface area contributed by atoms with Crippen LogP contribution in [0.5, 0.6) is 0 Å². The van der Waals surface area contributed by atoms with E-state index in [2.05, 4.69) is 25.2 Å². The molecule has 0 aliphatic rings. The third-order valence-corrected chi connectivity index (χ3v) is 3.78. The molecule has 1 amide bonds. The highest BCUT2D eigenvalue weighted by Crippen LogP contribution is 2.24. The van der Waals surface area contributed by atoms with Crippen LogP contribution in [0.1, 0.15) is 6.92 Å². The minimum Gasteiger partial charge on any atom is -0.461 e. The van der Waals surface area contributed by atoms with E-state index in [1.807, 2.05) is 17.6 Å². The van der Waals surface area contributed by atoms with E-state index in [-0.39, 0.29) is 11.7 Å². The van der Waals surface area contributed by atoms with E-state index >= 15 is 0 Å². The molecule has 0 radical (unpaired) electrons. The van der Waals surface area contributed by atoms with Crippen molar-refractivity contribution in [2.24, 2.45) is 0 Å². The van der Waals surface area contributed by atoms with Crippen molar-refractivity contribution in [1.82, 2.24) is 19.9 Å². The number of nitrogens with one attached hydrogen (secondary N) is 1. The normalized spacial score (nSPS) is 10.8. The number of aromatic nitrogens is 4. The summed E-state index contributed by atoms with van der Waals surface area (Å²) >= 11 is 1.30. The largest absolute Gasteiger partial charge is 0.461 e. The first-order chi connectivity index (χ1) is 10.8. The fourth-order valence-electron chi connectivity index (χ4n) is 1.85. The number of carbonyl (C=O) groups excluding carboxylic acids is 1. The van der Waals surface area contributed by atoms with E-state index in [0.29, 0.717) is 29.1 Å². The van der Waals surface area contributed by atoms with Gasteiger partial charge in [-0.1, -0.05) is 16.9 Å². The Bertz CT molecular complexity index is 736. The molecule has 3 heterocycles. The summed E-state index contributed by atoms with van der Waals surface area (Å²) in [5.41, 5.74) is 0. The van der Waals surface area contributed by atoms with E-state index in [1.165, 1.54) is 18.0 Å². The molecular formula is C13H13N5O3S. The van der Waals surface area contributed by atoms with Crippen LogP contribution in [0.2, 0.25) is 0 Å². The number of carbonyl (C=O) groups is 1. The van der Waals surface area contributed by atoms with Gasteiger partial charge in [0.25, 0.3) is 0 Å². The van der Waals surface area contributed by atoms with Crippen LogP contribution < -0.4 is 5.32 Å². The summed E-state index contributed by atoms with van der Waals surface area (Å²) in [4.78, 5) is 11.8. The summed E-state index contributed by atoms with van der Waals surface area (Å²) in [6.07, 6.45) is 2.98. The van der Waals surface area contributed by atoms with Gasteiger partial charge in [-0.15, -0.1) is 10.2 Å². The Balaban J connectivity index is 1.66. The van der Waals surface area contributed by atoms with Crippen molar-refractivity contribution in [3.8, 4) is 11.6 Å². The van der Waals surface area contributed by atoms with Gasteiger partial charge in [-0.2, -0.15) is 0 Å². The van der Waals surface area contributed by atoms with Crippen LogP contribution in [0.15, 0.2) is 44.8 Å². The average molecular weight is 319 g/mol. The molecule has 0 saturated heterocycles. The van der Waals surface area contributed by atoms with Gasteiger partial charge in [-0.05, 0) is 19.1 Å². The average Bonchev–Trinajstić information content (AvgIpc) is 3.25. The zero-order valence-electron chi connectivity index (χ0n) is 11.7. The van der Waals surface area contributed by atoms with E-state index in [4.69, 9.17) is 4.42 Å². The molecule has 0 spiro atoms. The van der Waals surface area contributed by atoms with E-state index in [0.717, 1.165) is 0 Å². The van der Waals surface area contributed by atoms with Gasteiger partial charge in [0.1, 0.15) is 6.26 Å². The Morgan fingerprint density at radius 1 is 1.36 bits per heavy atom. The molecule has 1 N–H and O–H groups in total. The highest BCUT2D eigenvalue weighted by Gasteiger charge is 2.16. The van der Waals surface area contributed by atoms with Crippen molar-refractivity contribution < 1.29 is 13.7 Å². The van der Waals surface area contributed by atoms with Gasteiger partial charge in [0.15, 0.2) is 22.6 Å². The van der Waals surface area contributed by atoms with Crippen molar-refractivity contribution in [3.63, 3.8) is 0 Å². The first-order valence-corrected chi connectivity index (χ1v) is 7.56. The second-order valence-corrected chi connectivity index (χ2v) is 5.19. The molecule has 0 fully saturated rings. The molecule has 0 bridgehead atoms. The standard InChI is InChI=1S/C13H13N5O3S/c1-2-18-12(9-4-3-6-20-9)15-16-13(18)22-8-11(19)14-10-5-7-21-17-10/h3-7H,2,8H2,1H3,(H,14,17,19). The Morgan fingerprint density at radius 3 is 2.95 bits per heavy atom. The number of hydrogen-bond donors (Lipinski definition) is 1. The lowest BCUT2D eigenvalue weighted by molar-refractivity contribution is -0.113. The van der Waals surface area contributed by atoms with Gasteiger partial charge < -0.3 is 14.3 Å². The smallest absolute Gasteiger partial charge is 0.236 e. The zero-order valence-corrected chi connectivity index (χ0v) is 12.5. The third kappa shape index (κ3) is 3.03. The maximum atomic E-state index is 11.8. The van der Waals surface area contributed by atoms with Crippen LogP contribution in [0, 0.1) is 0 Å². The van der Waals surface area contributed by atoms with Crippen molar-refractivity contribution in [2.45, 2.75) is 18.6 Å². The molecule has 9 heteroatoms. The quantitative estimate of drug-likeness (QED) is 0.696. The van der Waals surface area contributed by atoms with Crippen LogP contribution in [0.25, 0.3) is 11.6 Å². The maximum Gasteiger partial charge on any atom is 0.236 e. The second-order valence-electron chi connectivity index (χ2n) is 4.25. The van der Waals surface area contributed by atoms with Gasteiger partial charge in [0.2, 0.25) is 5.91 Å². The molecule has 0 atom stereocenters. The van der Waals surface area contributed by atoms with Crippen LogP contribution in [0.4, 0.5) is 5.82 Å². The lowest BCUT2D eigenvalue weighted by atomic mass is 10.4. The summed E-state index contributed by atoms with van der Waals surface area (Å²) in [5.74, 6) is 1.69. The highest BCUT2D eigenvalue weighted by molar-refractivity contribution is 7.99. The molecule has 0 aromatic carbocycles. The number of amides is 1. The lowest BCUT2D eigenvalue weighted by Gasteiger charge is -2.05. The molecular weight excluding hydrogens is 306 g/mol. The third-order valence-electron chi connectivity index (χ3n) is 2.81. The molecule has 3 aromatic heterocycles. The topological polar surface area (TPSA) is 99.0 Å². The summed E-state index contributed by atoms with van der Waals surface area (Å²) < 4.78 is 11.9. The van der Waals surface area contributed by atoms with Crippen molar-refractivity contribution in [2.75, 3.05) is 11.1 Å².